The molecule has 0 aliphatic carbocycles. The monoisotopic (exact) mass is 367 g/mol. The second-order valence-corrected chi connectivity index (χ2v) is 7.28. The zero-order chi connectivity index (χ0) is 19.1. The van der Waals surface area contributed by atoms with Crippen molar-refractivity contribution in [2.24, 2.45) is 5.92 Å². The van der Waals surface area contributed by atoms with E-state index in [0.717, 1.165) is 37.1 Å². The van der Waals surface area contributed by atoms with Crippen molar-refractivity contribution in [1.82, 2.24) is 5.32 Å². The number of benzene rings is 2. The highest BCUT2D eigenvalue weighted by Gasteiger charge is 2.40. The van der Waals surface area contributed by atoms with Gasteiger partial charge in [0.05, 0.1) is 12.0 Å². The molecule has 2 aromatic rings. The van der Waals surface area contributed by atoms with Crippen molar-refractivity contribution in [3.63, 3.8) is 0 Å². The lowest BCUT2D eigenvalue weighted by molar-refractivity contribution is -0.173. The van der Waals surface area contributed by atoms with Crippen molar-refractivity contribution in [2.45, 2.75) is 37.9 Å². The zero-order valence-electron chi connectivity index (χ0n) is 16.2. The molecule has 1 saturated heterocycles. The Morgan fingerprint density at radius 1 is 1.04 bits per heavy atom. The molecule has 1 aliphatic heterocycles. The highest BCUT2D eigenvalue weighted by molar-refractivity contribution is 5.73. The maximum atomic E-state index is 13.1. The molecule has 1 heterocycles. The fourth-order valence-electron chi connectivity index (χ4n) is 3.77. The van der Waals surface area contributed by atoms with Crippen LogP contribution in [0.3, 0.4) is 0 Å². The summed E-state index contributed by atoms with van der Waals surface area (Å²) in [5.74, 6) is -0.533. The average molecular weight is 367 g/mol. The first-order chi connectivity index (χ1) is 13.1. The molecule has 4 nitrogen and oxygen atoms in total. The van der Waals surface area contributed by atoms with Crippen molar-refractivity contribution in [2.75, 3.05) is 20.2 Å². The molecule has 0 bridgehead atoms. The topological polar surface area (TPSA) is 47.6 Å². The lowest BCUT2D eigenvalue weighted by atomic mass is 9.84. The van der Waals surface area contributed by atoms with E-state index >= 15 is 0 Å². The number of hydrogen-bond acceptors (Lipinski definition) is 4. The lowest BCUT2D eigenvalue weighted by Gasteiger charge is -2.38. The van der Waals surface area contributed by atoms with Crippen molar-refractivity contribution in [1.29, 1.82) is 0 Å². The van der Waals surface area contributed by atoms with Gasteiger partial charge in [0.15, 0.2) is 0 Å². The Bertz CT molecular complexity index is 711. The van der Waals surface area contributed by atoms with Crippen LogP contribution in [-0.4, -0.2) is 32.3 Å². The molecule has 144 valence electrons. The Hall–Kier alpha value is -2.17. The lowest BCUT2D eigenvalue weighted by Crippen LogP contribution is -2.45. The maximum absolute atomic E-state index is 13.1. The van der Waals surface area contributed by atoms with Crippen LogP contribution in [0.4, 0.5) is 0 Å². The number of methoxy groups -OCH3 is 1. The fourth-order valence-corrected chi connectivity index (χ4v) is 3.77. The van der Waals surface area contributed by atoms with Crippen molar-refractivity contribution < 1.29 is 14.3 Å². The van der Waals surface area contributed by atoms with Gasteiger partial charge in [-0.2, -0.15) is 0 Å². The number of piperidine rings is 1. The van der Waals surface area contributed by atoms with E-state index in [0.29, 0.717) is 6.42 Å². The fraction of sp³-hybridized carbons (Fsp3) is 0.435. The highest BCUT2D eigenvalue weighted by atomic mass is 16.6. The third kappa shape index (κ3) is 4.76. The van der Waals surface area contributed by atoms with Crippen LogP contribution in [0.1, 0.15) is 30.9 Å². The summed E-state index contributed by atoms with van der Waals surface area (Å²) in [6.45, 7) is 3.59. The second-order valence-electron chi connectivity index (χ2n) is 7.28. The molecule has 2 atom stereocenters. The molecule has 2 aromatic carbocycles. The van der Waals surface area contributed by atoms with Gasteiger partial charge < -0.3 is 14.8 Å². The van der Waals surface area contributed by atoms with E-state index < -0.39 is 5.60 Å². The van der Waals surface area contributed by atoms with Crippen LogP contribution in [0.2, 0.25) is 0 Å². The van der Waals surface area contributed by atoms with E-state index in [4.69, 9.17) is 9.47 Å². The molecule has 0 spiro atoms. The quantitative estimate of drug-likeness (QED) is 0.758. The van der Waals surface area contributed by atoms with Gasteiger partial charge in [-0.15, -0.1) is 0 Å². The molecule has 0 aromatic heterocycles. The van der Waals surface area contributed by atoms with Crippen molar-refractivity contribution in [3.05, 3.63) is 71.8 Å². The first kappa shape index (κ1) is 19.6. The van der Waals surface area contributed by atoms with E-state index in [-0.39, 0.29) is 18.0 Å². The van der Waals surface area contributed by atoms with E-state index in [1.165, 1.54) is 0 Å². The smallest absolute Gasteiger partial charge is 0.312 e. The van der Waals surface area contributed by atoms with Gasteiger partial charge >= 0.3 is 5.97 Å². The predicted octanol–water partition coefficient (Wildman–Crippen LogP) is 3.70. The number of nitrogens with one attached hydrogen (secondary N) is 1. The SMILES string of the molecule is COC(Cc1ccccc1)C(C)C(=O)OC1(c2ccccc2)CCNCC1. The molecule has 1 fully saturated rings. The summed E-state index contributed by atoms with van der Waals surface area (Å²) >= 11 is 0. The van der Waals surface area contributed by atoms with E-state index in [1.54, 1.807) is 7.11 Å². The van der Waals surface area contributed by atoms with Gasteiger partial charge in [0, 0.05) is 20.0 Å². The Morgan fingerprint density at radius 2 is 1.63 bits per heavy atom. The molecular weight excluding hydrogens is 338 g/mol. The van der Waals surface area contributed by atoms with Gasteiger partial charge in [0.2, 0.25) is 0 Å². The molecule has 27 heavy (non-hydrogen) atoms. The molecule has 0 saturated carbocycles. The van der Waals surface area contributed by atoms with Crippen LogP contribution in [0.5, 0.6) is 0 Å². The van der Waals surface area contributed by atoms with Gasteiger partial charge in [-0.25, -0.2) is 0 Å². The Balaban J connectivity index is 1.74. The van der Waals surface area contributed by atoms with Gasteiger partial charge in [0.25, 0.3) is 0 Å². The third-order valence-electron chi connectivity index (χ3n) is 5.52. The summed E-state index contributed by atoms with van der Waals surface area (Å²) in [7, 11) is 1.66. The molecule has 3 rings (SSSR count). The normalized spacial score (nSPS) is 18.4. The zero-order valence-corrected chi connectivity index (χ0v) is 16.2. The van der Waals surface area contributed by atoms with Crippen LogP contribution in [-0.2, 0) is 26.3 Å². The van der Waals surface area contributed by atoms with Crippen LogP contribution >= 0.6 is 0 Å². The standard InChI is InChI=1S/C23H29NO3/c1-18(21(26-2)17-19-9-5-3-6-10-19)22(25)27-23(13-15-24-16-14-23)20-11-7-4-8-12-20/h3-12,18,21,24H,13-17H2,1-2H3. The average Bonchev–Trinajstić information content (AvgIpc) is 2.73. The Kier molecular flexibility index (Phi) is 6.64. The first-order valence-electron chi connectivity index (χ1n) is 9.70. The number of esters is 1. The predicted molar refractivity (Wildman–Crippen MR) is 106 cm³/mol. The number of carbonyl (C=O) groups is 1. The summed E-state index contributed by atoms with van der Waals surface area (Å²) in [5.41, 5.74) is 1.68. The third-order valence-corrected chi connectivity index (χ3v) is 5.52. The largest absolute Gasteiger partial charge is 0.454 e. The van der Waals surface area contributed by atoms with E-state index in [1.807, 2.05) is 43.3 Å². The summed E-state index contributed by atoms with van der Waals surface area (Å²) in [6, 6.07) is 20.2. The number of carbonyl (C=O) groups excluding carboxylic acids is 1. The molecule has 0 amide bonds. The number of hydrogen-bond donors (Lipinski definition) is 1. The number of ether oxygens (including phenoxy) is 2. The molecule has 1 N–H and O–H groups in total. The summed E-state index contributed by atoms with van der Waals surface area (Å²) in [5, 5.41) is 3.36. The summed E-state index contributed by atoms with van der Waals surface area (Å²) < 4.78 is 11.8. The summed E-state index contributed by atoms with van der Waals surface area (Å²) in [4.78, 5) is 13.1. The molecule has 4 heteroatoms. The molecule has 0 radical (unpaired) electrons. The second kappa shape index (κ2) is 9.16. The van der Waals surface area contributed by atoms with Gasteiger partial charge in [-0.3, -0.25) is 4.79 Å². The van der Waals surface area contributed by atoms with E-state index in [9.17, 15) is 4.79 Å². The Morgan fingerprint density at radius 3 is 2.22 bits per heavy atom. The maximum Gasteiger partial charge on any atom is 0.312 e. The minimum Gasteiger partial charge on any atom is -0.454 e. The van der Waals surface area contributed by atoms with Gasteiger partial charge in [-0.05, 0) is 37.6 Å². The summed E-state index contributed by atoms with van der Waals surface area (Å²) in [6.07, 6.45) is 2.04. The molecule has 2 unspecified atom stereocenters. The van der Waals surface area contributed by atoms with Crippen molar-refractivity contribution >= 4 is 5.97 Å². The van der Waals surface area contributed by atoms with Crippen LogP contribution < -0.4 is 5.32 Å². The Labute approximate surface area is 161 Å². The van der Waals surface area contributed by atoms with E-state index in [2.05, 4.69) is 29.6 Å². The first-order valence-corrected chi connectivity index (χ1v) is 9.70. The minimum atomic E-state index is -0.553. The number of rotatable bonds is 7. The highest BCUT2D eigenvalue weighted by Crippen LogP contribution is 2.36. The van der Waals surface area contributed by atoms with Crippen molar-refractivity contribution in [3.8, 4) is 0 Å². The molecular formula is C23H29NO3. The van der Waals surface area contributed by atoms with Gasteiger partial charge in [-0.1, -0.05) is 60.7 Å². The minimum absolute atomic E-state index is 0.191. The van der Waals surface area contributed by atoms with Crippen LogP contribution in [0.15, 0.2) is 60.7 Å². The molecule has 1 aliphatic rings. The van der Waals surface area contributed by atoms with Gasteiger partial charge in [0.1, 0.15) is 5.60 Å². The van der Waals surface area contributed by atoms with Crippen LogP contribution in [0, 0.1) is 5.92 Å². The van der Waals surface area contributed by atoms with Crippen LogP contribution in [0.25, 0.3) is 0 Å².